The van der Waals surface area contributed by atoms with Crippen molar-refractivity contribution < 1.29 is 4.79 Å². The molecular weight excluding hydrogens is 246 g/mol. The van der Waals surface area contributed by atoms with Crippen LogP contribution in [-0.2, 0) is 17.6 Å². The lowest BCUT2D eigenvalue weighted by Crippen LogP contribution is -2.34. The lowest BCUT2D eigenvalue weighted by Gasteiger charge is -2.31. The Bertz CT molecular complexity index is 619. The number of fused-ring (bicyclic) bond motifs is 1. The molecule has 2 aromatic carbocycles. The van der Waals surface area contributed by atoms with E-state index in [9.17, 15) is 4.79 Å². The lowest BCUT2D eigenvalue weighted by molar-refractivity contribution is -0.116. The van der Waals surface area contributed by atoms with E-state index in [0.29, 0.717) is 0 Å². The van der Waals surface area contributed by atoms with Crippen LogP contribution in [-0.4, -0.2) is 12.5 Å². The maximum atomic E-state index is 11.9. The van der Waals surface area contributed by atoms with Crippen LogP contribution in [0.5, 0.6) is 0 Å². The highest BCUT2D eigenvalue weighted by Crippen LogP contribution is 2.32. The van der Waals surface area contributed by atoms with E-state index in [1.165, 1.54) is 16.7 Å². The van der Waals surface area contributed by atoms with Gasteiger partial charge in [-0.25, -0.2) is 0 Å². The fraction of sp³-hybridized carbons (Fsp3) is 0.278. The number of carbonyl (C=O) groups excluding carboxylic acids is 1. The van der Waals surface area contributed by atoms with Gasteiger partial charge in [0.05, 0.1) is 5.69 Å². The Kier molecular flexibility index (Phi) is 3.55. The molecule has 0 saturated carbocycles. The number of benzene rings is 2. The number of rotatable bonds is 2. The van der Waals surface area contributed by atoms with E-state index in [4.69, 9.17) is 0 Å². The van der Waals surface area contributed by atoms with Gasteiger partial charge in [-0.15, -0.1) is 0 Å². The summed E-state index contributed by atoms with van der Waals surface area (Å²) in [5, 5.41) is 0. The quantitative estimate of drug-likeness (QED) is 0.812. The predicted molar refractivity (Wildman–Crippen MR) is 82.0 cm³/mol. The predicted octanol–water partition coefficient (Wildman–Crippen LogP) is 3.58. The van der Waals surface area contributed by atoms with Crippen molar-refractivity contribution in [2.75, 3.05) is 11.4 Å². The summed E-state index contributed by atoms with van der Waals surface area (Å²) in [6, 6.07) is 16.8. The molecular formula is C18H19NO. The molecule has 0 unspecified atom stereocenters. The molecule has 102 valence electrons. The van der Waals surface area contributed by atoms with Gasteiger partial charge in [-0.05, 0) is 36.0 Å². The molecule has 0 atom stereocenters. The molecule has 1 heterocycles. The van der Waals surface area contributed by atoms with Crippen LogP contribution in [0.15, 0.2) is 48.5 Å². The maximum Gasteiger partial charge on any atom is 0.223 e. The molecule has 0 radical (unpaired) electrons. The summed E-state index contributed by atoms with van der Waals surface area (Å²) >= 11 is 0. The molecule has 0 N–H and O–H groups in total. The molecule has 1 amide bonds. The van der Waals surface area contributed by atoms with Crippen LogP contribution in [0.25, 0.3) is 0 Å². The molecule has 0 aliphatic carbocycles. The number of carbonyl (C=O) groups is 1. The van der Waals surface area contributed by atoms with E-state index in [0.717, 1.165) is 31.5 Å². The van der Waals surface area contributed by atoms with Crippen LogP contribution in [0.4, 0.5) is 5.69 Å². The van der Waals surface area contributed by atoms with Gasteiger partial charge in [0.15, 0.2) is 0 Å². The average molecular weight is 265 g/mol. The smallest absolute Gasteiger partial charge is 0.223 e. The van der Waals surface area contributed by atoms with Crippen LogP contribution in [0.3, 0.4) is 0 Å². The number of para-hydroxylation sites is 1. The number of hydrogen-bond acceptors (Lipinski definition) is 1. The van der Waals surface area contributed by atoms with E-state index < -0.39 is 0 Å². The van der Waals surface area contributed by atoms with Gasteiger partial charge in [0.25, 0.3) is 0 Å². The van der Waals surface area contributed by atoms with Gasteiger partial charge in [-0.1, -0.05) is 48.5 Å². The highest BCUT2D eigenvalue weighted by atomic mass is 16.2. The topological polar surface area (TPSA) is 20.3 Å². The second-order valence-corrected chi connectivity index (χ2v) is 5.36. The van der Waals surface area contributed by atoms with E-state index in [1.807, 2.05) is 11.0 Å². The van der Waals surface area contributed by atoms with E-state index in [1.54, 1.807) is 6.92 Å². The zero-order chi connectivity index (χ0) is 13.9. The van der Waals surface area contributed by atoms with Crippen LogP contribution in [0, 0.1) is 0 Å². The molecule has 0 saturated heterocycles. The Hall–Kier alpha value is -2.09. The van der Waals surface area contributed by atoms with Crippen molar-refractivity contribution in [3.05, 3.63) is 65.2 Å². The van der Waals surface area contributed by atoms with Crippen molar-refractivity contribution in [1.82, 2.24) is 0 Å². The minimum absolute atomic E-state index is 0.145. The molecule has 2 aromatic rings. The molecule has 0 bridgehead atoms. The molecule has 0 spiro atoms. The Morgan fingerprint density at radius 3 is 2.65 bits per heavy atom. The normalized spacial score (nSPS) is 13.9. The third-order valence-corrected chi connectivity index (χ3v) is 3.92. The number of hydrogen-bond donors (Lipinski definition) is 0. The number of nitrogens with zero attached hydrogens (tertiary/aromatic N) is 1. The van der Waals surface area contributed by atoms with Crippen molar-refractivity contribution in [3.8, 4) is 0 Å². The summed E-state index contributed by atoms with van der Waals surface area (Å²) in [6.07, 6.45) is 3.01. The Morgan fingerprint density at radius 1 is 1.10 bits per heavy atom. The van der Waals surface area contributed by atoms with Crippen molar-refractivity contribution in [3.63, 3.8) is 0 Å². The second kappa shape index (κ2) is 5.49. The monoisotopic (exact) mass is 265 g/mol. The van der Waals surface area contributed by atoms with Crippen molar-refractivity contribution in [1.29, 1.82) is 0 Å². The summed E-state index contributed by atoms with van der Waals surface area (Å²) in [4.78, 5) is 13.8. The van der Waals surface area contributed by atoms with Gasteiger partial charge in [0.1, 0.15) is 0 Å². The number of anilines is 1. The van der Waals surface area contributed by atoms with Gasteiger partial charge in [-0.3, -0.25) is 4.79 Å². The van der Waals surface area contributed by atoms with Gasteiger partial charge in [-0.2, -0.15) is 0 Å². The van der Waals surface area contributed by atoms with Crippen molar-refractivity contribution in [2.24, 2.45) is 0 Å². The van der Waals surface area contributed by atoms with Crippen LogP contribution >= 0.6 is 0 Å². The van der Waals surface area contributed by atoms with Crippen molar-refractivity contribution >= 4 is 11.6 Å². The minimum Gasteiger partial charge on any atom is -0.312 e. The summed E-state index contributed by atoms with van der Waals surface area (Å²) in [5.74, 6) is 0.145. The summed E-state index contributed by atoms with van der Waals surface area (Å²) in [7, 11) is 0. The van der Waals surface area contributed by atoms with Crippen LogP contribution < -0.4 is 4.90 Å². The molecule has 3 rings (SSSR count). The van der Waals surface area contributed by atoms with E-state index in [2.05, 4.69) is 42.5 Å². The fourth-order valence-electron chi connectivity index (χ4n) is 3.01. The van der Waals surface area contributed by atoms with Crippen LogP contribution in [0.2, 0.25) is 0 Å². The summed E-state index contributed by atoms with van der Waals surface area (Å²) < 4.78 is 0. The van der Waals surface area contributed by atoms with Gasteiger partial charge >= 0.3 is 0 Å². The first-order valence-corrected chi connectivity index (χ1v) is 7.18. The van der Waals surface area contributed by atoms with Gasteiger partial charge in [0, 0.05) is 13.5 Å². The molecule has 2 heteroatoms. The average Bonchev–Trinajstić information content (AvgIpc) is 2.48. The summed E-state index contributed by atoms with van der Waals surface area (Å²) in [6.45, 7) is 2.50. The van der Waals surface area contributed by atoms with Crippen LogP contribution in [0.1, 0.15) is 30.0 Å². The highest BCUT2D eigenvalue weighted by molar-refractivity contribution is 5.93. The first-order chi connectivity index (χ1) is 9.75. The molecule has 20 heavy (non-hydrogen) atoms. The maximum absolute atomic E-state index is 11.9. The zero-order valence-electron chi connectivity index (χ0n) is 11.8. The van der Waals surface area contributed by atoms with Crippen molar-refractivity contribution in [2.45, 2.75) is 26.2 Å². The third-order valence-electron chi connectivity index (χ3n) is 3.92. The molecule has 2 nitrogen and oxygen atoms in total. The molecule has 1 aliphatic heterocycles. The molecule has 0 aromatic heterocycles. The Morgan fingerprint density at radius 2 is 1.90 bits per heavy atom. The highest BCUT2D eigenvalue weighted by Gasteiger charge is 2.22. The van der Waals surface area contributed by atoms with E-state index >= 15 is 0 Å². The van der Waals surface area contributed by atoms with E-state index in [-0.39, 0.29) is 5.91 Å². The Balaban J connectivity index is 2.02. The first kappa shape index (κ1) is 12.9. The number of aryl methyl sites for hydroxylation is 1. The SMILES string of the molecule is CC(=O)N1CCCc2cccc(Cc3ccccc3)c21. The largest absolute Gasteiger partial charge is 0.312 e. The first-order valence-electron chi connectivity index (χ1n) is 7.18. The molecule has 0 fully saturated rings. The standard InChI is InChI=1S/C18H19NO/c1-14(20)19-12-6-11-16-9-5-10-17(18(16)19)13-15-7-3-2-4-8-15/h2-5,7-10H,6,11-13H2,1H3. The zero-order valence-corrected chi connectivity index (χ0v) is 11.8. The van der Waals surface area contributed by atoms with Gasteiger partial charge < -0.3 is 4.90 Å². The second-order valence-electron chi connectivity index (χ2n) is 5.36. The molecule has 1 aliphatic rings. The minimum atomic E-state index is 0.145. The fourth-order valence-corrected chi connectivity index (χ4v) is 3.01. The number of amides is 1. The lowest BCUT2D eigenvalue weighted by atomic mass is 9.94. The van der Waals surface area contributed by atoms with Gasteiger partial charge in [0.2, 0.25) is 5.91 Å². The summed E-state index contributed by atoms with van der Waals surface area (Å²) in [5.41, 5.74) is 4.99. The third kappa shape index (κ3) is 2.46. The Labute approximate surface area is 120 Å².